The van der Waals surface area contributed by atoms with E-state index in [1.165, 1.54) is 4.88 Å². The monoisotopic (exact) mass is 425 g/mol. The van der Waals surface area contributed by atoms with E-state index < -0.39 is 0 Å². The molecule has 1 aromatic carbocycles. The standard InChI is InChI=1S/C22H27N5O2S/c1-14-12-24-21(30-14)7-8-23-20(28)10-16-4-3-9-27(13-16)22(29)17-5-6-18-19(11-17)26-15(2)25-18/h5-6,11-12,16H,3-4,7-10,13H2,1-2H3,(H,23,28)(H,25,26)/t16-/m1/s1. The van der Waals surface area contributed by atoms with Crippen molar-refractivity contribution in [3.8, 4) is 0 Å². The van der Waals surface area contributed by atoms with Crippen molar-refractivity contribution in [2.24, 2.45) is 5.92 Å². The molecule has 158 valence electrons. The Morgan fingerprint density at radius 2 is 2.20 bits per heavy atom. The van der Waals surface area contributed by atoms with Gasteiger partial charge in [0.15, 0.2) is 0 Å². The van der Waals surface area contributed by atoms with Gasteiger partial charge in [-0.3, -0.25) is 9.59 Å². The van der Waals surface area contributed by atoms with Crippen LogP contribution in [0.15, 0.2) is 24.4 Å². The highest BCUT2D eigenvalue weighted by Gasteiger charge is 2.26. The summed E-state index contributed by atoms with van der Waals surface area (Å²) >= 11 is 1.67. The number of nitrogens with one attached hydrogen (secondary N) is 2. The van der Waals surface area contributed by atoms with Crippen LogP contribution in [-0.4, -0.2) is 51.3 Å². The van der Waals surface area contributed by atoms with Gasteiger partial charge in [0.25, 0.3) is 5.91 Å². The van der Waals surface area contributed by atoms with Crippen molar-refractivity contribution in [1.82, 2.24) is 25.2 Å². The Hall–Kier alpha value is -2.74. The lowest BCUT2D eigenvalue weighted by molar-refractivity contribution is -0.122. The zero-order valence-electron chi connectivity index (χ0n) is 17.4. The fourth-order valence-electron chi connectivity index (χ4n) is 4.03. The summed E-state index contributed by atoms with van der Waals surface area (Å²) in [5, 5.41) is 4.05. The van der Waals surface area contributed by atoms with Gasteiger partial charge in [-0.2, -0.15) is 0 Å². The van der Waals surface area contributed by atoms with Gasteiger partial charge < -0.3 is 15.2 Å². The number of carbonyl (C=O) groups excluding carboxylic acids is 2. The van der Waals surface area contributed by atoms with Crippen molar-refractivity contribution in [2.45, 2.75) is 39.5 Å². The van der Waals surface area contributed by atoms with Crippen LogP contribution in [0.1, 0.15) is 45.3 Å². The van der Waals surface area contributed by atoms with Crippen LogP contribution in [0.4, 0.5) is 0 Å². The second kappa shape index (κ2) is 8.95. The molecule has 0 saturated carbocycles. The molecule has 2 amide bonds. The zero-order chi connectivity index (χ0) is 21.1. The van der Waals surface area contributed by atoms with Crippen LogP contribution in [0.25, 0.3) is 11.0 Å². The van der Waals surface area contributed by atoms with Crippen LogP contribution >= 0.6 is 11.3 Å². The third kappa shape index (κ3) is 4.87. The normalized spacial score (nSPS) is 16.7. The number of benzene rings is 1. The first-order valence-electron chi connectivity index (χ1n) is 10.4. The number of likely N-dealkylation sites (tertiary alicyclic amines) is 1. The van der Waals surface area contributed by atoms with Gasteiger partial charge in [0.1, 0.15) is 5.82 Å². The maximum atomic E-state index is 13.0. The minimum Gasteiger partial charge on any atom is -0.356 e. The molecule has 1 fully saturated rings. The average molecular weight is 426 g/mol. The summed E-state index contributed by atoms with van der Waals surface area (Å²) in [5.74, 6) is 1.11. The Balaban J connectivity index is 1.29. The quantitative estimate of drug-likeness (QED) is 0.634. The molecule has 1 saturated heterocycles. The fourth-order valence-corrected chi connectivity index (χ4v) is 4.82. The highest BCUT2D eigenvalue weighted by molar-refractivity contribution is 7.11. The molecule has 1 aliphatic rings. The van der Waals surface area contributed by atoms with Crippen LogP contribution in [0, 0.1) is 19.8 Å². The number of nitrogens with zero attached hydrogens (tertiary/aromatic N) is 3. The van der Waals surface area contributed by atoms with Crippen LogP contribution < -0.4 is 5.32 Å². The van der Waals surface area contributed by atoms with Crippen LogP contribution in [0.2, 0.25) is 0 Å². The SMILES string of the molecule is Cc1nc2ccc(C(=O)N3CCC[C@H](CC(=O)NCCc4ncc(C)s4)C3)cc2[nH]1. The van der Waals surface area contributed by atoms with Crippen molar-refractivity contribution in [3.05, 3.63) is 45.7 Å². The molecular formula is C22H27N5O2S. The minimum atomic E-state index is 0.0217. The first-order chi connectivity index (χ1) is 14.5. The molecule has 4 rings (SSSR count). The summed E-state index contributed by atoms with van der Waals surface area (Å²) in [6, 6.07) is 5.58. The number of amides is 2. The topological polar surface area (TPSA) is 91.0 Å². The predicted molar refractivity (Wildman–Crippen MR) is 118 cm³/mol. The van der Waals surface area contributed by atoms with E-state index in [-0.39, 0.29) is 17.7 Å². The summed E-state index contributed by atoms with van der Waals surface area (Å²) in [6.07, 6.45) is 4.98. The van der Waals surface area contributed by atoms with Crippen molar-refractivity contribution in [1.29, 1.82) is 0 Å². The molecule has 3 aromatic rings. The van der Waals surface area contributed by atoms with Crippen molar-refractivity contribution < 1.29 is 9.59 Å². The van der Waals surface area contributed by atoms with Gasteiger partial charge in [0.2, 0.25) is 5.91 Å². The number of hydrogen-bond donors (Lipinski definition) is 2. The maximum absolute atomic E-state index is 13.0. The summed E-state index contributed by atoms with van der Waals surface area (Å²) in [5.41, 5.74) is 2.40. The molecule has 0 radical (unpaired) electrons. The number of hydrogen-bond acceptors (Lipinski definition) is 5. The molecule has 2 N–H and O–H groups in total. The molecule has 3 heterocycles. The highest BCUT2D eigenvalue weighted by atomic mass is 32.1. The number of imidazole rings is 1. The lowest BCUT2D eigenvalue weighted by Gasteiger charge is -2.32. The Kier molecular flexibility index (Phi) is 6.13. The Morgan fingerprint density at radius 1 is 1.33 bits per heavy atom. The van der Waals surface area contributed by atoms with Gasteiger partial charge in [-0.15, -0.1) is 11.3 Å². The summed E-state index contributed by atoms with van der Waals surface area (Å²) in [7, 11) is 0. The van der Waals surface area contributed by atoms with Crippen molar-refractivity contribution in [3.63, 3.8) is 0 Å². The Morgan fingerprint density at radius 3 is 3.00 bits per heavy atom. The molecule has 0 spiro atoms. The first-order valence-corrected chi connectivity index (χ1v) is 11.2. The Labute approximate surface area is 179 Å². The lowest BCUT2D eigenvalue weighted by atomic mass is 9.94. The van der Waals surface area contributed by atoms with Gasteiger partial charge in [-0.25, -0.2) is 9.97 Å². The van der Waals surface area contributed by atoms with E-state index in [1.807, 2.05) is 43.1 Å². The number of rotatable bonds is 6. The van der Waals surface area contributed by atoms with Crippen molar-refractivity contribution >= 4 is 34.2 Å². The van der Waals surface area contributed by atoms with E-state index in [2.05, 4.69) is 20.3 Å². The summed E-state index contributed by atoms with van der Waals surface area (Å²) < 4.78 is 0. The van der Waals surface area contributed by atoms with E-state index in [1.54, 1.807) is 11.3 Å². The smallest absolute Gasteiger partial charge is 0.253 e. The second-order valence-electron chi connectivity index (χ2n) is 7.98. The number of thiazole rings is 1. The molecule has 1 aliphatic heterocycles. The lowest BCUT2D eigenvalue weighted by Crippen LogP contribution is -2.41. The number of aryl methyl sites for hydroxylation is 2. The van der Waals surface area contributed by atoms with E-state index in [0.717, 1.165) is 47.7 Å². The molecule has 7 nitrogen and oxygen atoms in total. The molecule has 0 bridgehead atoms. The second-order valence-corrected chi connectivity index (χ2v) is 9.30. The number of aromatic amines is 1. The Bertz CT molecular complexity index is 1060. The third-order valence-corrected chi connectivity index (χ3v) is 6.43. The van der Waals surface area contributed by atoms with E-state index in [4.69, 9.17) is 0 Å². The minimum absolute atomic E-state index is 0.0217. The fraction of sp³-hybridized carbons (Fsp3) is 0.455. The van der Waals surface area contributed by atoms with E-state index >= 15 is 0 Å². The van der Waals surface area contributed by atoms with E-state index in [0.29, 0.717) is 25.1 Å². The maximum Gasteiger partial charge on any atom is 0.253 e. The van der Waals surface area contributed by atoms with Gasteiger partial charge in [-0.1, -0.05) is 0 Å². The van der Waals surface area contributed by atoms with Gasteiger partial charge in [-0.05, 0) is 50.8 Å². The predicted octanol–water partition coefficient (Wildman–Crippen LogP) is 3.24. The van der Waals surface area contributed by atoms with E-state index in [9.17, 15) is 9.59 Å². The molecule has 0 aliphatic carbocycles. The molecule has 0 unspecified atom stereocenters. The van der Waals surface area contributed by atoms with Gasteiger partial charge >= 0.3 is 0 Å². The molecule has 30 heavy (non-hydrogen) atoms. The van der Waals surface area contributed by atoms with Crippen LogP contribution in [0.3, 0.4) is 0 Å². The summed E-state index contributed by atoms with van der Waals surface area (Å²) in [6.45, 7) is 5.90. The van der Waals surface area contributed by atoms with Crippen LogP contribution in [0.5, 0.6) is 0 Å². The zero-order valence-corrected chi connectivity index (χ0v) is 18.2. The van der Waals surface area contributed by atoms with Gasteiger partial charge in [0.05, 0.1) is 16.0 Å². The van der Waals surface area contributed by atoms with Gasteiger partial charge in [0, 0.05) is 49.1 Å². The largest absolute Gasteiger partial charge is 0.356 e. The molecule has 8 heteroatoms. The molecule has 1 atom stereocenters. The third-order valence-electron chi connectivity index (χ3n) is 5.46. The number of fused-ring (bicyclic) bond motifs is 1. The van der Waals surface area contributed by atoms with Crippen LogP contribution in [-0.2, 0) is 11.2 Å². The average Bonchev–Trinajstić information content (AvgIpc) is 3.31. The first kappa shape index (κ1) is 20.5. The number of aromatic nitrogens is 3. The molecular weight excluding hydrogens is 398 g/mol. The number of piperidine rings is 1. The highest BCUT2D eigenvalue weighted by Crippen LogP contribution is 2.22. The van der Waals surface area contributed by atoms with Crippen molar-refractivity contribution in [2.75, 3.05) is 19.6 Å². The number of carbonyl (C=O) groups is 2. The molecule has 2 aromatic heterocycles. The number of H-pyrrole nitrogens is 1. The summed E-state index contributed by atoms with van der Waals surface area (Å²) in [4.78, 5) is 40.3.